The van der Waals surface area contributed by atoms with Crippen LogP contribution in [0, 0.1) is 0 Å². The summed E-state index contributed by atoms with van der Waals surface area (Å²) in [5.41, 5.74) is 0.572. The van der Waals surface area contributed by atoms with Crippen LogP contribution in [0.1, 0.15) is 28.0 Å². The van der Waals surface area contributed by atoms with Crippen LogP contribution in [-0.2, 0) is 19.5 Å². The Kier molecular flexibility index (Phi) is 4.04. The Hall–Kier alpha value is -2.66. The van der Waals surface area contributed by atoms with Crippen LogP contribution >= 0.6 is 11.3 Å². The number of aliphatic hydroxyl groups is 1. The number of hydrogen-bond acceptors (Lipinski definition) is 8. The van der Waals surface area contributed by atoms with Crippen LogP contribution in [0.4, 0.5) is 0 Å². The number of thiophene rings is 1. The summed E-state index contributed by atoms with van der Waals surface area (Å²) in [6.07, 6.45) is 1.49. The smallest absolute Gasteiger partial charge is 0.264 e. The van der Waals surface area contributed by atoms with Gasteiger partial charge in [0.25, 0.3) is 11.5 Å². The molecule has 0 unspecified atom stereocenters. The van der Waals surface area contributed by atoms with E-state index in [1.165, 1.54) is 27.0 Å². The van der Waals surface area contributed by atoms with Crippen LogP contribution in [0.5, 0.6) is 0 Å². The van der Waals surface area contributed by atoms with E-state index in [0.717, 1.165) is 5.56 Å². The Morgan fingerprint density at radius 2 is 2.19 bits per heavy atom. The van der Waals surface area contributed by atoms with Crippen molar-refractivity contribution in [3.8, 4) is 0 Å². The molecule has 0 radical (unpaired) electrons. The van der Waals surface area contributed by atoms with Gasteiger partial charge in [-0.25, -0.2) is 4.98 Å². The monoisotopic (exact) mass is 375 g/mol. The lowest BCUT2D eigenvalue weighted by Gasteiger charge is -2.21. The molecule has 10 nitrogen and oxygen atoms in total. The summed E-state index contributed by atoms with van der Waals surface area (Å²) in [5, 5.41) is 21.8. The van der Waals surface area contributed by atoms with Gasteiger partial charge in [-0.3, -0.25) is 14.2 Å². The minimum absolute atomic E-state index is 0.0667. The number of aromatic nitrogens is 6. The molecule has 1 amide bonds. The maximum Gasteiger partial charge on any atom is 0.264 e. The number of aliphatic hydroxyl groups excluding tert-OH is 1. The molecule has 0 saturated carbocycles. The normalized spacial score (nSPS) is 15.5. The predicted molar refractivity (Wildman–Crippen MR) is 93.1 cm³/mol. The standard InChI is InChI=1S/C15H17N7O3S/c1-8(23)5-22-18-10(17-19-22)6-21-7-16-13-11(14(21)24)9-3-4-20(2)15(25)12(9)26-13/h7-8,23H,3-6H2,1-2H3/t8-/m1/s1. The molecule has 1 atom stereocenters. The second-order valence-corrected chi connectivity index (χ2v) is 7.35. The number of tetrazole rings is 1. The van der Waals surface area contributed by atoms with Crippen molar-refractivity contribution in [3.05, 3.63) is 32.9 Å². The summed E-state index contributed by atoms with van der Waals surface area (Å²) in [4.78, 5) is 33.7. The molecule has 4 heterocycles. The lowest BCUT2D eigenvalue weighted by Crippen LogP contribution is -2.33. The third-order valence-corrected chi connectivity index (χ3v) is 5.38. The molecular weight excluding hydrogens is 358 g/mol. The zero-order chi connectivity index (χ0) is 18.4. The van der Waals surface area contributed by atoms with Crippen LogP contribution in [-0.4, -0.2) is 65.4 Å². The first-order valence-electron chi connectivity index (χ1n) is 8.15. The molecule has 0 aliphatic carbocycles. The highest BCUT2D eigenvalue weighted by atomic mass is 32.1. The minimum atomic E-state index is -0.592. The van der Waals surface area contributed by atoms with Crippen molar-refractivity contribution in [2.45, 2.75) is 32.5 Å². The molecule has 26 heavy (non-hydrogen) atoms. The Morgan fingerprint density at radius 3 is 2.96 bits per heavy atom. The van der Waals surface area contributed by atoms with E-state index in [0.29, 0.717) is 33.9 Å². The van der Waals surface area contributed by atoms with E-state index >= 15 is 0 Å². The molecule has 0 aromatic carbocycles. The maximum atomic E-state index is 12.9. The third-order valence-electron chi connectivity index (χ3n) is 4.25. The van der Waals surface area contributed by atoms with Gasteiger partial charge < -0.3 is 10.0 Å². The summed E-state index contributed by atoms with van der Waals surface area (Å²) < 4.78 is 1.42. The van der Waals surface area contributed by atoms with Crippen molar-refractivity contribution in [3.63, 3.8) is 0 Å². The van der Waals surface area contributed by atoms with Gasteiger partial charge in [0.05, 0.1) is 35.8 Å². The van der Waals surface area contributed by atoms with Crippen molar-refractivity contribution in [2.24, 2.45) is 0 Å². The molecule has 3 aromatic rings. The van der Waals surface area contributed by atoms with E-state index in [2.05, 4.69) is 20.4 Å². The first-order chi connectivity index (χ1) is 12.4. The van der Waals surface area contributed by atoms with Crippen LogP contribution in [0.25, 0.3) is 10.2 Å². The Balaban J connectivity index is 1.71. The number of likely N-dealkylation sites (N-methyl/N-ethyl adjacent to an activating group) is 1. The summed E-state index contributed by atoms with van der Waals surface area (Å²) in [7, 11) is 1.75. The van der Waals surface area contributed by atoms with E-state index < -0.39 is 6.10 Å². The quantitative estimate of drug-likeness (QED) is 0.653. The van der Waals surface area contributed by atoms with Gasteiger partial charge in [0.1, 0.15) is 4.83 Å². The van der Waals surface area contributed by atoms with Crippen molar-refractivity contribution < 1.29 is 9.90 Å². The molecule has 0 saturated heterocycles. The summed E-state index contributed by atoms with van der Waals surface area (Å²) in [6, 6.07) is 0. The number of amides is 1. The number of fused-ring (bicyclic) bond motifs is 3. The van der Waals surface area contributed by atoms with E-state index in [4.69, 9.17) is 0 Å². The number of rotatable bonds is 4. The lowest BCUT2D eigenvalue weighted by molar-refractivity contribution is 0.0787. The zero-order valence-corrected chi connectivity index (χ0v) is 15.1. The van der Waals surface area contributed by atoms with Gasteiger partial charge >= 0.3 is 0 Å². The number of hydrogen-bond donors (Lipinski definition) is 1. The maximum absolute atomic E-state index is 12.9. The number of nitrogens with zero attached hydrogens (tertiary/aromatic N) is 7. The minimum Gasteiger partial charge on any atom is -0.391 e. The third kappa shape index (κ3) is 2.78. The molecular formula is C15H17N7O3S. The summed E-state index contributed by atoms with van der Waals surface area (Å²) >= 11 is 1.26. The summed E-state index contributed by atoms with van der Waals surface area (Å²) in [5.74, 6) is 0.289. The van der Waals surface area contributed by atoms with Crippen molar-refractivity contribution in [2.75, 3.05) is 13.6 Å². The van der Waals surface area contributed by atoms with Crippen molar-refractivity contribution >= 4 is 27.5 Å². The van der Waals surface area contributed by atoms with Gasteiger partial charge in [-0.1, -0.05) is 0 Å². The molecule has 1 N–H and O–H groups in total. The second kappa shape index (κ2) is 6.25. The lowest BCUT2D eigenvalue weighted by atomic mass is 10.1. The molecule has 0 spiro atoms. The molecule has 1 aliphatic rings. The van der Waals surface area contributed by atoms with Crippen LogP contribution in [0.15, 0.2) is 11.1 Å². The first kappa shape index (κ1) is 16.8. The fraction of sp³-hybridized carbons (Fsp3) is 0.467. The number of carbonyl (C=O) groups is 1. The fourth-order valence-corrected chi connectivity index (χ4v) is 4.14. The largest absolute Gasteiger partial charge is 0.391 e. The zero-order valence-electron chi connectivity index (χ0n) is 14.3. The molecule has 4 rings (SSSR count). The molecule has 3 aromatic heterocycles. The average Bonchev–Trinajstić information content (AvgIpc) is 3.18. The Morgan fingerprint density at radius 1 is 1.38 bits per heavy atom. The highest BCUT2D eigenvalue weighted by molar-refractivity contribution is 7.20. The van der Waals surface area contributed by atoms with Crippen molar-refractivity contribution in [1.82, 2.24) is 34.7 Å². The van der Waals surface area contributed by atoms with Crippen LogP contribution in [0.3, 0.4) is 0 Å². The average molecular weight is 375 g/mol. The van der Waals surface area contributed by atoms with Gasteiger partial charge in [0.15, 0.2) is 5.82 Å². The predicted octanol–water partition coefficient (Wildman–Crippen LogP) is -0.498. The Labute approximate surface area is 151 Å². The fourth-order valence-electron chi connectivity index (χ4n) is 2.97. The first-order valence-corrected chi connectivity index (χ1v) is 8.96. The summed E-state index contributed by atoms with van der Waals surface area (Å²) in [6.45, 7) is 2.57. The Bertz CT molecular complexity index is 1050. The van der Waals surface area contributed by atoms with Gasteiger partial charge in [0, 0.05) is 13.6 Å². The topological polar surface area (TPSA) is 119 Å². The van der Waals surface area contributed by atoms with Crippen LogP contribution in [0.2, 0.25) is 0 Å². The van der Waals surface area contributed by atoms with Gasteiger partial charge in [-0.05, 0) is 24.1 Å². The van der Waals surface area contributed by atoms with E-state index in [1.54, 1.807) is 18.9 Å². The van der Waals surface area contributed by atoms with Gasteiger partial charge in [-0.15, -0.1) is 21.5 Å². The van der Waals surface area contributed by atoms with E-state index in [1.807, 2.05) is 0 Å². The highest BCUT2D eigenvalue weighted by Gasteiger charge is 2.28. The van der Waals surface area contributed by atoms with Crippen molar-refractivity contribution in [1.29, 1.82) is 0 Å². The molecule has 0 bridgehead atoms. The van der Waals surface area contributed by atoms with Crippen LogP contribution < -0.4 is 5.56 Å². The SMILES string of the molecule is C[C@@H](O)Cn1nnc(Cn2cnc3sc4c(c3c2=O)CCN(C)C4=O)n1. The van der Waals surface area contributed by atoms with E-state index in [9.17, 15) is 14.7 Å². The highest BCUT2D eigenvalue weighted by Crippen LogP contribution is 2.31. The molecule has 136 valence electrons. The van der Waals surface area contributed by atoms with Gasteiger partial charge in [0.2, 0.25) is 0 Å². The molecule has 1 aliphatic heterocycles. The van der Waals surface area contributed by atoms with E-state index in [-0.39, 0.29) is 24.6 Å². The molecule has 0 fully saturated rings. The number of carbonyl (C=O) groups excluding carboxylic acids is 1. The molecule has 11 heteroatoms. The van der Waals surface area contributed by atoms with Gasteiger partial charge in [-0.2, -0.15) is 4.80 Å². The second-order valence-electron chi connectivity index (χ2n) is 6.35.